The van der Waals surface area contributed by atoms with Gasteiger partial charge in [0.15, 0.2) is 17.3 Å². The lowest BCUT2D eigenvalue weighted by Crippen LogP contribution is -2.09. The molecule has 1 N–H and O–H groups in total. The standard InChI is InChI=1S/C26H30N4O4/c1-17-9-11-19(26-29-28-23-8-6-5-7-13-30(23)26)16-20(17)27-24(31)12-10-18-14-21(32-2)25(34-4)22(15-18)33-3/h9-12,14-16H,5-8,13H2,1-4H3,(H,27,31). The lowest BCUT2D eigenvalue weighted by atomic mass is 10.1. The molecule has 1 amide bonds. The van der Waals surface area contributed by atoms with Crippen molar-refractivity contribution in [1.29, 1.82) is 0 Å². The van der Waals surface area contributed by atoms with E-state index in [9.17, 15) is 4.79 Å². The zero-order chi connectivity index (χ0) is 24.1. The van der Waals surface area contributed by atoms with E-state index in [4.69, 9.17) is 14.2 Å². The largest absolute Gasteiger partial charge is 0.493 e. The van der Waals surface area contributed by atoms with Crippen LogP contribution in [0.3, 0.4) is 0 Å². The number of amides is 1. The second-order valence-corrected chi connectivity index (χ2v) is 8.21. The van der Waals surface area contributed by atoms with Gasteiger partial charge in [0.2, 0.25) is 11.7 Å². The number of anilines is 1. The molecule has 2 heterocycles. The van der Waals surface area contributed by atoms with Crippen LogP contribution in [-0.2, 0) is 17.8 Å². The van der Waals surface area contributed by atoms with Gasteiger partial charge in [-0.2, -0.15) is 0 Å². The Morgan fingerprint density at radius 3 is 2.47 bits per heavy atom. The monoisotopic (exact) mass is 462 g/mol. The van der Waals surface area contributed by atoms with Crippen LogP contribution < -0.4 is 19.5 Å². The van der Waals surface area contributed by atoms with Gasteiger partial charge in [-0.25, -0.2) is 0 Å². The molecular formula is C26H30N4O4. The Labute approximate surface area is 199 Å². The maximum atomic E-state index is 12.7. The molecule has 0 radical (unpaired) electrons. The molecule has 0 fully saturated rings. The molecule has 0 bridgehead atoms. The van der Waals surface area contributed by atoms with Gasteiger partial charge < -0.3 is 24.1 Å². The molecule has 4 rings (SSSR count). The fourth-order valence-electron chi connectivity index (χ4n) is 4.14. The van der Waals surface area contributed by atoms with Crippen LogP contribution in [0.25, 0.3) is 17.5 Å². The predicted molar refractivity (Wildman–Crippen MR) is 132 cm³/mol. The van der Waals surface area contributed by atoms with Gasteiger partial charge in [0.05, 0.1) is 21.3 Å². The zero-order valence-electron chi connectivity index (χ0n) is 20.1. The Morgan fingerprint density at radius 1 is 1.00 bits per heavy atom. The Bertz CT molecular complexity index is 1190. The molecular weight excluding hydrogens is 432 g/mol. The lowest BCUT2D eigenvalue weighted by Gasteiger charge is -2.13. The van der Waals surface area contributed by atoms with Crippen LogP contribution in [0.5, 0.6) is 17.2 Å². The maximum absolute atomic E-state index is 12.7. The molecule has 8 heteroatoms. The number of benzene rings is 2. The van der Waals surface area contributed by atoms with Gasteiger partial charge in [-0.05, 0) is 55.2 Å². The van der Waals surface area contributed by atoms with Gasteiger partial charge in [0, 0.05) is 30.3 Å². The van der Waals surface area contributed by atoms with Crippen LogP contribution in [0, 0.1) is 6.92 Å². The molecule has 2 aromatic carbocycles. The lowest BCUT2D eigenvalue weighted by molar-refractivity contribution is -0.111. The number of methoxy groups -OCH3 is 3. The van der Waals surface area contributed by atoms with Crippen LogP contribution in [0.1, 0.15) is 36.2 Å². The summed E-state index contributed by atoms with van der Waals surface area (Å²) in [5, 5.41) is 11.8. The quantitative estimate of drug-likeness (QED) is 0.514. The predicted octanol–water partition coefficient (Wildman–Crippen LogP) is 4.66. The first-order valence-electron chi connectivity index (χ1n) is 11.4. The van der Waals surface area contributed by atoms with Crippen molar-refractivity contribution in [2.45, 2.75) is 39.2 Å². The summed E-state index contributed by atoms with van der Waals surface area (Å²) >= 11 is 0. The van der Waals surface area contributed by atoms with E-state index in [-0.39, 0.29) is 5.91 Å². The number of aryl methyl sites for hydroxylation is 2. The van der Waals surface area contributed by atoms with E-state index >= 15 is 0 Å². The van der Waals surface area contributed by atoms with Crippen molar-refractivity contribution in [3.8, 4) is 28.6 Å². The summed E-state index contributed by atoms with van der Waals surface area (Å²) < 4.78 is 18.3. The molecule has 3 aromatic rings. The number of hydrogen-bond acceptors (Lipinski definition) is 6. The second kappa shape index (κ2) is 10.4. The first-order chi connectivity index (χ1) is 16.5. The van der Waals surface area contributed by atoms with Crippen molar-refractivity contribution >= 4 is 17.7 Å². The Morgan fingerprint density at radius 2 is 1.76 bits per heavy atom. The summed E-state index contributed by atoms with van der Waals surface area (Å²) in [5.74, 6) is 3.20. The van der Waals surface area contributed by atoms with E-state index in [0.717, 1.165) is 59.8 Å². The van der Waals surface area contributed by atoms with Gasteiger partial charge in [-0.15, -0.1) is 10.2 Å². The molecule has 1 aromatic heterocycles. The van der Waals surface area contributed by atoms with Crippen molar-refractivity contribution in [2.75, 3.05) is 26.6 Å². The topological polar surface area (TPSA) is 87.5 Å². The first-order valence-corrected chi connectivity index (χ1v) is 11.4. The second-order valence-electron chi connectivity index (χ2n) is 8.21. The highest BCUT2D eigenvalue weighted by atomic mass is 16.5. The molecule has 1 aliphatic heterocycles. The van der Waals surface area contributed by atoms with E-state index in [1.165, 1.54) is 12.5 Å². The Hall–Kier alpha value is -3.81. The van der Waals surface area contributed by atoms with E-state index in [2.05, 4.69) is 20.1 Å². The molecule has 34 heavy (non-hydrogen) atoms. The summed E-state index contributed by atoms with van der Waals surface area (Å²) in [4.78, 5) is 12.7. The Kier molecular flexibility index (Phi) is 7.15. The van der Waals surface area contributed by atoms with Crippen LogP contribution in [0.4, 0.5) is 5.69 Å². The van der Waals surface area contributed by atoms with Crippen molar-refractivity contribution in [3.05, 3.63) is 53.4 Å². The van der Waals surface area contributed by atoms with Crippen molar-refractivity contribution in [1.82, 2.24) is 14.8 Å². The zero-order valence-corrected chi connectivity index (χ0v) is 20.1. The number of carbonyl (C=O) groups excluding carboxylic acids is 1. The number of carbonyl (C=O) groups is 1. The highest BCUT2D eigenvalue weighted by Gasteiger charge is 2.17. The molecule has 0 atom stereocenters. The van der Waals surface area contributed by atoms with Gasteiger partial charge in [0.1, 0.15) is 5.82 Å². The molecule has 0 aliphatic carbocycles. The maximum Gasteiger partial charge on any atom is 0.248 e. The van der Waals surface area contributed by atoms with Gasteiger partial charge >= 0.3 is 0 Å². The third kappa shape index (κ3) is 4.90. The van der Waals surface area contributed by atoms with Crippen molar-refractivity contribution in [2.24, 2.45) is 0 Å². The number of nitrogens with one attached hydrogen (secondary N) is 1. The SMILES string of the molecule is COc1cc(C=CC(=O)Nc2cc(-c3nnc4n3CCCCC4)ccc2C)cc(OC)c1OC. The van der Waals surface area contributed by atoms with Crippen LogP contribution in [0.2, 0.25) is 0 Å². The van der Waals surface area contributed by atoms with E-state index in [0.29, 0.717) is 17.2 Å². The minimum absolute atomic E-state index is 0.242. The number of rotatable bonds is 7. The summed E-state index contributed by atoms with van der Waals surface area (Å²) in [6.07, 6.45) is 7.61. The van der Waals surface area contributed by atoms with Crippen LogP contribution in [0.15, 0.2) is 36.4 Å². The van der Waals surface area contributed by atoms with Gasteiger partial charge in [-0.3, -0.25) is 4.79 Å². The highest BCUT2D eigenvalue weighted by molar-refractivity contribution is 6.02. The average Bonchev–Trinajstić information content (AvgIpc) is 3.11. The number of ether oxygens (including phenoxy) is 3. The fourth-order valence-corrected chi connectivity index (χ4v) is 4.14. The molecule has 0 spiro atoms. The molecule has 178 valence electrons. The molecule has 0 unspecified atom stereocenters. The minimum Gasteiger partial charge on any atom is -0.493 e. The molecule has 1 aliphatic rings. The molecule has 8 nitrogen and oxygen atoms in total. The number of nitrogens with zero attached hydrogens (tertiary/aromatic N) is 3. The average molecular weight is 463 g/mol. The highest BCUT2D eigenvalue weighted by Crippen LogP contribution is 2.38. The van der Waals surface area contributed by atoms with Crippen LogP contribution in [-0.4, -0.2) is 42.0 Å². The smallest absolute Gasteiger partial charge is 0.248 e. The van der Waals surface area contributed by atoms with E-state index in [1.807, 2.05) is 25.1 Å². The number of aromatic nitrogens is 3. The van der Waals surface area contributed by atoms with Gasteiger partial charge in [0.25, 0.3) is 0 Å². The van der Waals surface area contributed by atoms with E-state index in [1.54, 1.807) is 39.5 Å². The first kappa shape index (κ1) is 23.4. The Balaban J connectivity index is 1.54. The molecule has 0 saturated carbocycles. The summed E-state index contributed by atoms with van der Waals surface area (Å²) in [7, 11) is 4.67. The van der Waals surface area contributed by atoms with Crippen molar-refractivity contribution < 1.29 is 19.0 Å². The third-order valence-electron chi connectivity index (χ3n) is 5.98. The van der Waals surface area contributed by atoms with Gasteiger partial charge in [-0.1, -0.05) is 18.6 Å². The summed E-state index contributed by atoms with van der Waals surface area (Å²) in [6, 6.07) is 9.55. The fraction of sp³-hybridized carbons (Fsp3) is 0.346. The third-order valence-corrected chi connectivity index (χ3v) is 5.98. The van der Waals surface area contributed by atoms with Crippen molar-refractivity contribution in [3.63, 3.8) is 0 Å². The molecule has 0 saturated heterocycles. The summed E-state index contributed by atoms with van der Waals surface area (Å²) in [6.45, 7) is 2.89. The normalized spacial score (nSPS) is 13.3. The van der Waals surface area contributed by atoms with E-state index < -0.39 is 0 Å². The summed E-state index contributed by atoms with van der Waals surface area (Å²) in [5.41, 5.74) is 3.40. The number of fused-ring (bicyclic) bond motifs is 1. The van der Waals surface area contributed by atoms with Crippen LogP contribution >= 0.6 is 0 Å². The number of hydrogen-bond donors (Lipinski definition) is 1. The minimum atomic E-state index is -0.242.